The van der Waals surface area contributed by atoms with Crippen molar-refractivity contribution in [2.24, 2.45) is 0 Å². The maximum Gasteiger partial charge on any atom is 0.339 e. The number of hydrogen-bond donors (Lipinski definition) is 0. The van der Waals surface area contributed by atoms with Gasteiger partial charge in [0.15, 0.2) is 0 Å². The van der Waals surface area contributed by atoms with E-state index in [9.17, 15) is 13.2 Å². The average Bonchev–Trinajstić information content (AvgIpc) is 2.13. The van der Waals surface area contributed by atoms with Gasteiger partial charge in [-0.2, -0.15) is 0 Å². The van der Waals surface area contributed by atoms with Gasteiger partial charge in [-0.15, -0.1) is 0 Å². The Bertz CT molecular complexity index is 575. The minimum atomic E-state index is -3.88. The first-order valence-corrected chi connectivity index (χ1v) is 8.08. The largest absolute Gasteiger partial charge is 0.456 e. The summed E-state index contributed by atoms with van der Waals surface area (Å²) in [6.45, 7) is 5.17. The van der Waals surface area contributed by atoms with E-state index >= 15 is 0 Å². The highest BCUT2D eigenvalue weighted by Gasteiger charge is 2.22. The summed E-state index contributed by atoms with van der Waals surface area (Å²) in [6.07, 6.45) is 0. The third-order valence-corrected chi connectivity index (χ3v) is 3.88. The van der Waals surface area contributed by atoms with Crippen molar-refractivity contribution in [3.8, 4) is 0 Å². The Morgan fingerprint density at radius 1 is 1.33 bits per heavy atom. The number of benzene rings is 1. The van der Waals surface area contributed by atoms with Gasteiger partial charge in [0.2, 0.25) is 0 Å². The molecule has 1 aromatic rings. The number of carbonyl (C=O) groups is 1. The fraction of sp³-hybridized carbons (Fsp3) is 0.364. The smallest absolute Gasteiger partial charge is 0.339 e. The molecule has 0 saturated carbocycles. The Kier molecular flexibility index (Phi) is 4.46. The van der Waals surface area contributed by atoms with Crippen molar-refractivity contribution < 1.29 is 17.9 Å². The van der Waals surface area contributed by atoms with Gasteiger partial charge in [0, 0.05) is 15.2 Å². The highest BCUT2D eigenvalue weighted by Crippen LogP contribution is 2.25. The van der Waals surface area contributed by atoms with Crippen LogP contribution in [0, 0.1) is 0 Å². The molecule has 0 saturated heterocycles. The van der Waals surface area contributed by atoms with Crippen LogP contribution >= 0.6 is 26.6 Å². The summed E-state index contributed by atoms with van der Waals surface area (Å²) < 4.78 is 28.0. The summed E-state index contributed by atoms with van der Waals surface area (Å²) in [7, 11) is 1.35. The number of ether oxygens (including phenoxy) is 1. The van der Waals surface area contributed by atoms with Crippen molar-refractivity contribution >= 4 is 41.6 Å². The van der Waals surface area contributed by atoms with Gasteiger partial charge in [-0.1, -0.05) is 0 Å². The summed E-state index contributed by atoms with van der Waals surface area (Å²) in [5, 5.41) is 0. The topological polar surface area (TPSA) is 60.4 Å². The van der Waals surface area contributed by atoms with Crippen LogP contribution in [0.3, 0.4) is 0 Å². The summed E-state index contributed by atoms with van der Waals surface area (Å²) in [4.78, 5) is 11.7. The van der Waals surface area contributed by atoms with Crippen molar-refractivity contribution in [1.29, 1.82) is 0 Å². The summed E-state index contributed by atoms with van der Waals surface area (Å²) >= 11 is 3.17. The van der Waals surface area contributed by atoms with Gasteiger partial charge in [0.25, 0.3) is 9.05 Å². The molecule has 4 nitrogen and oxygen atoms in total. The molecule has 0 N–H and O–H groups in total. The second-order valence-corrected chi connectivity index (χ2v) is 8.00. The second-order valence-electron chi connectivity index (χ2n) is 4.58. The molecule has 0 amide bonds. The number of esters is 1. The monoisotopic (exact) mass is 354 g/mol. The Morgan fingerprint density at radius 2 is 1.89 bits per heavy atom. The van der Waals surface area contributed by atoms with Crippen LogP contribution in [0.2, 0.25) is 0 Å². The van der Waals surface area contributed by atoms with E-state index in [2.05, 4.69) is 15.9 Å². The van der Waals surface area contributed by atoms with Crippen molar-refractivity contribution in [3.05, 3.63) is 28.2 Å². The van der Waals surface area contributed by atoms with Crippen molar-refractivity contribution in [1.82, 2.24) is 0 Å². The maximum atomic E-state index is 11.9. The molecule has 0 aliphatic heterocycles. The number of halogens is 2. The molecule has 7 heteroatoms. The molecule has 0 atom stereocenters. The Morgan fingerprint density at radius 3 is 2.33 bits per heavy atom. The normalized spacial score (nSPS) is 12.3. The Labute approximate surface area is 119 Å². The zero-order valence-electron chi connectivity index (χ0n) is 10.0. The van der Waals surface area contributed by atoms with Gasteiger partial charge in [-0.3, -0.25) is 0 Å². The van der Waals surface area contributed by atoms with E-state index in [1.165, 1.54) is 18.2 Å². The third-order valence-electron chi connectivity index (χ3n) is 1.84. The van der Waals surface area contributed by atoms with Crippen LogP contribution < -0.4 is 0 Å². The molecule has 1 aromatic carbocycles. The van der Waals surface area contributed by atoms with Crippen LogP contribution in [0.25, 0.3) is 0 Å². The Hall–Kier alpha value is -0.590. The van der Waals surface area contributed by atoms with Crippen molar-refractivity contribution in [2.75, 3.05) is 0 Å². The molecule has 18 heavy (non-hydrogen) atoms. The number of rotatable bonds is 2. The molecule has 0 aliphatic rings. The van der Waals surface area contributed by atoms with Crippen LogP contribution in [0.15, 0.2) is 27.6 Å². The minimum Gasteiger partial charge on any atom is -0.456 e. The van der Waals surface area contributed by atoms with E-state index in [4.69, 9.17) is 15.4 Å². The standard InChI is InChI=1S/C11H12BrClO4S/c1-11(2,3)17-10(14)8-6-7(18(13,15)16)4-5-9(8)12/h4-6H,1-3H3. The lowest BCUT2D eigenvalue weighted by atomic mass is 10.1. The highest BCUT2D eigenvalue weighted by atomic mass is 79.9. The zero-order chi connectivity index (χ0) is 14.1. The molecule has 0 heterocycles. The molecule has 100 valence electrons. The maximum absolute atomic E-state index is 11.9. The molecule has 0 unspecified atom stereocenters. The highest BCUT2D eigenvalue weighted by molar-refractivity contribution is 9.10. The molecule has 0 spiro atoms. The first-order chi connectivity index (χ1) is 8.00. The lowest BCUT2D eigenvalue weighted by Crippen LogP contribution is -2.24. The lowest BCUT2D eigenvalue weighted by molar-refractivity contribution is 0.00682. The number of hydrogen-bond acceptors (Lipinski definition) is 4. The molecular formula is C11H12BrClO4S. The van der Waals surface area contributed by atoms with Gasteiger partial charge in [0.05, 0.1) is 10.5 Å². The average molecular weight is 356 g/mol. The first kappa shape index (κ1) is 15.5. The van der Waals surface area contributed by atoms with Crippen LogP contribution in [-0.2, 0) is 13.8 Å². The number of carbonyl (C=O) groups excluding carboxylic acids is 1. The van der Waals surface area contributed by atoms with Gasteiger partial charge in [-0.05, 0) is 54.9 Å². The van der Waals surface area contributed by atoms with Crippen LogP contribution in [-0.4, -0.2) is 20.0 Å². The minimum absolute atomic E-state index is 0.117. The fourth-order valence-electron chi connectivity index (χ4n) is 1.15. The zero-order valence-corrected chi connectivity index (χ0v) is 13.2. The van der Waals surface area contributed by atoms with Crippen LogP contribution in [0.4, 0.5) is 0 Å². The Balaban J connectivity index is 3.21. The molecule has 0 radical (unpaired) electrons. The van der Waals surface area contributed by atoms with Crippen molar-refractivity contribution in [3.63, 3.8) is 0 Å². The van der Waals surface area contributed by atoms with E-state index in [0.717, 1.165) is 0 Å². The van der Waals surface area contributed by atoms with Gasteiger partial charge in [0.1, 0.15) is 5.60 Å². The van der Waals surface area contributed by atoms with Gasteiger partial charge >= 0.3 is 5.97 Å². The first-order valence-electron chi connectivity index (χ1n) is 4.98. The predicted molar refractivity (Wildman–Crippen MR) is 72.3 cm³/mol. The fourth-order valence-corrected chi connectivity index (χ4v) is 2.33. The van der Waals surface area contributed by atoms with Crippen LogP contribution in [0.5, 0.6) is 0 Å². The summed E-state index contributed by atoms with van der Waals surface area (Å²) in [5.74, 6) is -0.614. The van der Waals surface area contributed by atoms with E-state index in [1.807, 2.05) is 0 Å². The summed E-state index contributed by atoms with van der Waals surface area (Å²) in [6, 6.07) is 3.93. The molecular weight excluding hydrogens is 344 g/mol. The third kappa shape index (κ3) is 4.26. The van der Waals surface area contributed by atoms with Gasteiger partial charge < -0.3 is 4.74 Å². The van der Waals surface area contributed by atoms with Gasteiger partial charge in [-0.25, -0.2) is 13.2 Å². The molecule has 0 aliphatic carbocycles. The second kappa shape index (κ2) is 5.19. The van der Waals surface area contributed by atoms with E-state index in [-0.39, 0.29) is 10.5 Å². The van der Waals surface area contributed by atoms with E-state index in [1.54, 1.807) is 20.8 Å². The lowest BCUT2D eigenvalue weighted by Gasteiger charge is -2.20. The van der Waals surface area contributed by atoms with Crippen molar-refractivity contribution in [2.45, 2.75) is 31.3 Å². The predicted octanol–water partition coefficient (Wildman–Crippen LogP) is 3.33. The molecule has 0 bridgehead atoms. The van der Waals surface area contributed by atoms with E-state index in [0.29, 0.717) is 4.47 Å². The summed E-state index contributed by atoms with van der Waals surface area (Å²) in [5.41, 5.74) is -0.543. The molecule has 1 rings (SSSR count). The SMILES string of the molecule is CC(C)(C)OC(=O)c1cc(S(=O)(=O)Cl)ccc1Br. The van der Waals surface area contributed by atoms with E-state index < -0.39 is 20.6 Å². The molecule has 0 aromatic heterocycles. The van der Waals surface area contributed by atoms with Crippen LogP contribution in [0.1, 0.15) is 31.1 Å². The quantitative estimate of drug-likeness (QED) is 0.603. The molecule has 0 fully saturated rings.